The molecule has 0 saturated carbocycles. The van der Waals surface area contributed by atoms with Crippen LogP contribution in [0.15, 0.2) is 24.5 Å². The van der Waals surface area contributed by atoms with Crippen molar-refractivity contribution < 1.29 is 14.6 Å². The van der Waals surface area contributed by atoms with Crippen molar-refractivity contribution in [3.05, 3.63) is 30.1 Å². The van der Waals surface area contributed by atoms with Crippen LogP contribution in [0.3, 0.4) is 0 Å². The summed E-state index contributed by atoms with van der Waals surface area (Å²) >= 11 is 0. The van der Waals surface area contributed by atoms with E-state index in [4.69, 9.17) is 9.84 Å². The lowest BCUT2D eigenvalue weighted by Gasteiger charge is -2.32. The fourth-order valence-corrected chi connectivity index (χ4v) is 3.02. The minimum Gasteiger partial charge on any atom is -0.396 e. The zero-order chi connectivity index (χ0) is 16.1. The summed E-state index contributed by atoms with van der Waals surface area (Å²) in [6, 6.07) is 3.88. The summed E-state index contributed by atoms with van der Waals surface area (Å²) in [5.41, 5.74) is 1.82. The van der Waals surface area contributed by atoms with Gasteiger partial charge >= 0.3 is 0 Å². The quantitative estimate of drug-likeness (QED) is 0.791. The van der Waals surface area contributed by atoms with E-state index in [0.717, 1.165) is 42.5 Å². The molecular formula is C17H23N3O3. The molecule has 0 aromatic carbocycles. The smallest absolute Gasteiger partial charge is 0.227 e. The number of aliphatic hydroxyl groups is 1. The van der Waals surface area contributed by atoms with Gasteiger partial charge in [0.05, 0.1) is 12.5 Å². The highest BCUT2D eigenvalue weighted by atomic mass is 16.5. The molecule has 0 aliphatic carbocycles. The van der Waals surface area contributed by atoms with Gasteiger partial charge in [0.15, 0.2) is 0 Å². The highest BCUT2D eigenvalue weighted by Gasteiger charge is 2.23. The lowest BCUT2D eigenvalue weighted by molar-refractivity contribution is -0.133. The second kappa shape index (κ2) is 7.57. The molecule has 6 heteroatoms. The van der Waals surface area contributed by atoms with E-state index >= 15 is 0 Å². The largest absolute Gasteiger partial charge is 0.396 e. The minimum absolute atomic E-state index is 0.156. The number of amides is 1. The van der Waals surface area contributed by atoms with Gasteiger partial charge in [0, 0.05) is 44.1 Å². The number of hydrogen-bond acceptors (Lipinski definition) is 4. The van der Waals surface area contributed by atoms with Crippen molar-refractivity contribution in [1.29, 1.82) is 0 Å². The van der Waals surface area contributed by atoms with Gasteiger partial charge in [-0.1, -0.05) is 0 Å². The Morgan fingerprint density at radius 3 is 3.04 bits per heavy atom. The molecule has 124 valence electrons. The predicted molar refractivity (Wildman–Crippen MR) is 87.1 cm³/mol. The van der Waals surface area contributed by atoms with Crippen LogP contribution in [0.5, 0.6) is 0 Å². The molecule has 0 unspecified atom stereocenters. The highest BCUT2D eigenvalue weighted by molar-refractivity contribution is 5.87. The van der Waals surface area contributed by atoms with Gasteiger partial charge in [0.2, 0.25) is 5.91 Å². The van der Waals surface area contributed by atoms with Gasteiger partial charge in [-0.3, -0.25) is 4.79 Å². The molecule has 0 bridgehead atoms. The predicted octanol–water partition coefficient (Wildman–Crippen LogP) is 1.50. The van der Waals surface area contributed by atoms with E-state index < -0.39 is 0 Å². The zero-order valence-corrected chi connectivity index (χ0v) is 13.2. The van der Waals surface area contributed by atoms with Gasteiger partial charge in [-0.05, 0) is 37.0 Å². The van der Waals surface area contributed by atoms with E-state index in [-0.39, 0.29) is 18.6 Å². The molecular weight excluding hydrogens is 294 g/mol. The lowest BCUT2D eigenvalue weighted by atomic mass is 10.1. The van der Waals surface area contributed by atoms with Crippen LogP contribution < -0.4 is 0 Å². The average molecular weight is 317 g/mol. The first kappa shape index (κ1) is 16.0. The Labute approximate surface area is 135 Å². The molecule has 1 aliphatic rings. The summed E-state index contributed by atoms with van der Waals surface area (Å²) in [6.45, 7) is 2.24. The Kier molecular flexibility index (Phi) is 5.25. The first-order valence-electron chi connectivity index (χ1n) is 8.19. The topological polar surface area (TPSA) is 78.5 Å². The van der Waals surface area contributed by atoms with Gasteiger partial charge in [0.25, 0.3) is 0 Å². The molecule has 3 heterocycles. The van der Waals surface area contributed by atoms with E-state index in [1.165, 1.54) is 0 Å². The lowest BCUT2D eigenvalue weighted by Crippen LogP contribution is -2.41. The summed E-state index contributed by atoms with van der Waals surface area (Å²) in [5, 5.41) is 9.79. The third kappa shape index (κ3) is 3.89. The Morgan fingerprint density at radius 1 is 1.43 bits per heavy atom. The van der Waals surface area contributed by atoms with Crippen molar-refractivity contribution in [2.24, 2.45) is 0 Å². The van der Waals surface area contributed by atoms with Crippen molar-refractivity contribution >= 4 is 16.9 Å². The fourth-order valence-electron chi connectivity index (χ4n) is 3.02. The number of fused-ring (bicyclic) bond motifs is 1. The number of aromatic nitrogens is 2. The van der Waals surface area contributed by atoms with Crippen molar-refractivity contribution in [1.82, 2.24) is 14.9 Å². The number of ether oxygens (including phenoxy) is 1. The molecule has 23 heavy (non-hydrogen) atoms. The Bertz CT molecular complexity index is 647. The number of pyridine rings is 1. The maximum absolute atomic E-state index is 12.5. The average Bonchev–Trinajstić information content (AvgIpc) is 2.99. The first-order chi connectivity index (χ1) is 11.3. The van der Waals surface area contributed by atoms with Crippen molar-refractivity contribution in [2.75, 3.05) is 26.3 Å². The van der Waals surface area contributed by atoms with Crippen molar-refractivity contribution in [2.45, 2.75) is 31.8 Å². The monoisotopic (exact) mass is 317 g/mol. The molecule has 2 aromatic heterocycles. The van der Waals surface area contributed by atoms with Crippen LogP contribution in [0.1, 0.15) is 24.8 Å². The second-order valence-corrected chi connectivity index (χ2v) is 5.92. The van der Waals surface area contributed by atoms with Crippen LogP contribution >= 0.6 is 0 Å². The molecule has 1 saturated heterocycles. The number of H-pyrrole nitrogens is 1. The number of carbonyl (C=O) groups excluding carboxylic acids is 1. The van der Waals surface area contributed by atoms with Crippen molar-refractivity contribution in [3.8, 4) is 0 Å². The maximum atomic E-state index is 12.5. The second-order valence-electron chi connectivity index (χ2n) is 5.92. The van der Waals surface area contributed by atoms with E-state index in [1.54, 1.807) is 6.20 Å². The molecule has 2 aromatic rings. The fraction of sp³-hybridized carbons (Fsp3) is 0.529. The van der Waals surface area contributed by atoms with Crippen LogP contribution in [0.4, 0.5) is 0 Å². The zero-order valence-electron chi connectivity index (χ0n) is 13.2. The molecule has 0 atom stereocenters. The summed E-state index contributed by atoms with van der Waals surface area (Å²) in [5.74, 6) is 0.156. The Hall–Kier alpha value is -1.92. The normalized spacial score (nSPS) is 16.1. The standard InChI is InChI=1S/C17H23N3O3/c21-9-2-10-23-14-4-7-20(8-5-14)16(22)11-13-12-19-17-15(13)3-1-6-18-17/h1,3,6,12,14,21H,2,4-5,7-11H2,(H,18,19). The summed E-state index contributed by atoms with van der Waals surface area (Å²) in [4.78, 5) is 21.8. The first-order valence-corrected chi connectivity index (χ1v) is 8.19. The summed E-state index contributed by atoms with van der Waals surface area (Å²) in [6.07, 6.45) is 6.64. The number of aromatic amines is 1. The van der Waals surface area contributed by atoms with Gasteiger partial charge < -0.3 is 19.7 Å². The molecule has 1 fully saturated rings. The van der Waals surface area contributed by atoms with E-state index in [2.05, 4.69) is 9.97 Å². The van der Waals surface area contributed by atoms with Crippen LogP contribution in [0.25, 0.3) is 11.0 Å². The van der Waals surface area contributed by atoms with E-state index in [9.17, 15) is 4.79 Å². The number of aliphatic hydroxyl groups excluding tert-OH is 1. The maximum Gasteiger partial charge on any atom is 0.227 e. The van der Waals surface area contributed by atoms with Crippen LogP contribution in [0, 0.1) is 0 Å². The molecule has 3 rings (SSSR count). The Morgan fingerprint density at radius 2 is 2.26 bits per heavy atom. The van der Waals surface area contributed by atoms with Crippen LogP contribution in [0.2, 0.25) is 0 Å². The molecule has 0 spiro atoms. The van der Waals surface area contributed by atoms with Crippen LogP contribution in [-0.4, -0.2) is 58.3 Å². The van der Waals surface area contributed by atoms with Gasteiger partial charge in [-0.25, -0.2) is 4.98 Å². The Balaban J connectivity index is 1.52. The molecule has 1 aliphatic heterocycles. The number of likely N-dealkylation sites (tertiary alicyclic amines) is 1. The third-order valence-electron chi connectivity index (χ3n) is 4.33. The van der Waals surface area contributed by atoms with Crippen molar-refractivity contribution in [3.63, 3.8) is 0 Å². The number of piperidine rings is 1. The number of carbonyl (C=O) groups is 1. The van der Waals surface area contributed by atoms with E-state index in [1.807, 2.05) is 23.2 Å². The number of rotatable bonds is 6. The number of nitrogens with one attached hydrogen (secondary N) is 1. The molecule has 6 nitrogen and oxygen atoms in total. The SMILES string of the molecule is O=C(Cc1c[nH]c2ncccc12)N1CCC(OCCCO)CC1. The van der Waals surface area contributed by atoms with Gasteiger partial charge in [-0.2, -0.15) is 0 Å². The number of hydrogen-bond donors (Lipinski definition) is 2. The highest BCUT2D eigenvalue weighted by Crippen LogP contribution is 2.19. The number of nitrogens with zero attached hydrogens (tertiary/aromatic N) is 2. The minimum atomic E-state index is 0.156. The summed E-state index contributed by atoms with van der Waals surface area (Å²) < 4.78 is 5.70. The third-order valence-corrected chi connectivity index (χ3v) is 4.33. The molecule has 1 amide bonds. The summed E-state index contributed by atoms with van der Waals surface area (Å²) in [7, 11) is 0. The molecule has 0 radical (unpaired) electrons. The van der Waals surface area contributed by atoms with Gasteiger partial charge in [0.1, 0.15) is 5.65 Å². The van der Waals surface area contributed by atoms with E-state index in [0.29, 0.717) is 19.4 Å². The molecule has 2 N–H and O–H groups in total. The van der Waals surface area contributed by atoms with Crippen LogP contribution in [-0.2, 0) is 16.0 Å². The van der Waals surface area contributed by atoms with Gasteiger partial charge in [-0.15, -0.1) is 0 Å².